The molecule has 0 spiro atoms. The summed E-state index contributed by atoms with van der Waals surface area (Å²) in [7, 11) is 3.28. The molecule has 3 rings (SSSR count). The molecule has 0 atom stereocenters. The number of nitrogens with zero attached hydrogens (tertiary/aromatic N) is 2. The fourth-order valence-corrected chi connectivity index (χ4v) is 3.22. The largest absolute Gasteiger partial charge is 0.493 e. The summed E-state index contributed by atoms with van der Waals surface area (Å²) in [5, 5.41) is 4.43. The summed E-state index contributed by atoms with van der Waals surface area (Å²) in [6, 6.07) is 9.89. The normalized spacial score (nSPS) is 10.6. The number of rotatable bonds is 7. The smallest absolute Gasteiger partial charge is 0.161 e. The number of hydrogen-bond donors (Lipinski definition) is 1. The molecule has 24 heavy (non-hydrogen) atoms. The van der Waals surface area contributed by atoms with E-state index in [1.165, 1.54) is 0 Å². The Morgan fingerprint density at radius 2 is 1.92 bits per heavy atom. The van der Waals surface area contributed by atoms with E-state index in [1.807, 2.05) is 36.7 Å². The molecule has 2 aromatic heterocycles. The van der Waals surface area contributed by atoms with Gasteiger partial charge in [-0.15, -0.1) is 11.3 Å². The molecule has 0 saturated carbocycles. The van der Waals surface area contributed by atoms with Crippen LogP contribution >= 0.6 is 11.3 Å². The summed E-state index contributed by atoms with van der Waals surface area (Å²) < 4.78 is 10.6. The topological polar surface area (TPSA) is 56.3 Å². The van der Waals surface area contributed by atoms with Crippen LogP contribution in [-0.4, -0.2) is 24.2 Å². The van der Waals surface area contributed by atoms with Crippen molar-refractivity contribution in [3.05, 3.63) is 59.5 Å². The Hall–Kier alpha value is -2.44. The lowest BCUT2D eigenvalue weighted by atomic mass is 10.2. The highest BCUT2D eigenvalue weighted by Crippen LogP contribution is 2.34. The first kappa shape index (κ1) is 16.4. The van der Waals surface area contributed by atoms with Crippen LogP contribution < -0.4 is 14.8 Å². The zero-order chi connectivity index (χ0) is 16.8. The lowest BCUT2D eigenvalue weighted by Gasteiger charge is -2.08. The molecule has 124 valence electrons. The van der Waals surface area contributed by atoms with Gasteiger partial charge < -0.3 is 14.8 Å². The quantitative estimate of drug-likeness (QED) is 0.713. The Kier molecular flexibility index (Phi) is 5.40. The highest BCUT2D eigenvalue weighted by Gasteiger charge is 2.09. The van der Waals surface area contributed by atoms with Crippen LogP contribution in [0.5, 0.6) is 11.5 Å². The van der Waals surface area contributed by atoms with E-state index in [0.717, 1.165) is 45.6 Å². The van der Waals surface area contributed by atoms with Gasteiger partial charge >= 0.3 is 0 Å². The summed E-state index contributed by atoms with van der Waals surface area (Å²) in [6.07, 6.45) is 5.54. The van der Waals surface area contributed by atoms with E-state index in [9.17, 15) is 0 Å². The zero-order valence-corrected chi connectivity index (χ0v) is 14.5. The summed E-state index contributed by atoms with van der Waals surface area (Å²) in [4.78, 5) is 9.71. The number of thiazole rings is 1. The van der Waals surface area contributed by atoms with Gasteiger partial charge in [-0.05, 0) is 35.4 Å². The van der Waals surface area contributed by atoms with Gasteiger partial charge in [-0.25, -0.2) is 4.98 Å². The van der Waals surface area contributed by atoms with Gasteiger partial charge in [0.05, 0.1) is 19.1 Å². The average molecular weight is 341 g/mol. The van der Waals surface area contributed by atoms with Crippen LogP contribution in [0, 0.1) is 0 Å². The maximum absolute atomic E-state index is 5.36. The summed E-state index contributed by atoms with van der Waals surface area (Å²) in [5.41, 5.74) is 2.23. The summed E-state index contributed by atoms with van der Waals surface area (Å²) in [5.74, 6) is 1.45. The van der Waals surface area contributed by atoms with Crippen molar-refractivity contribution >= 4 is 11.3 Å². The lowest BCUT2D eigenvalue weighted by molar-refractivity contribution is 0.355. The molecule has 0 aliphatic heterocycles. The van der Waals surface area contributed by atoms with Gasteiger partial charge in [0.25, 0.3) is 0 Å². The third-order valence-corrected chi connectivity index (χ3v) is 4.60. The second-order valence-corrected chi connectivity index (χ2v) is 6.27. The molecule has 5 nitrogen and oxygen atoms in total. The standard InChI is InChI=1S/C18H19N3O2S/c1-22-15-6-5-14(8-16(15)23-2)17-11-21-18(24-17)12-20-10-13-4-3-7-19-9-13/h3-9,11,20H,10,12H2,1-2H3. The maximum atomic E-state index is 5.36. The molecule has 3 aromatic rings. The van der Waals surface area contributed by atoms with Gasteiger partial charge in [0, 0.05) is 31.7 Å². The van der Waals surface area contributed by atoms with E-state index in [4.69, 9.17) is 9.47 Å². The first-order valence-corrected chi connectivity index (χ1v) is 8.38. The van der Waals surface area contributed by atoms with Crippen LogP contribution in [-0.2, 0) is 13.1 Å². The number of benzene rings is 1. The van der Waals surface area contributed by atoms with E-state index in [-0.39, 0.29) is 0 Å². The van der Waals surface area contributed by atoms with Gasteiger partial charge in [-0.2, -0.15) is 0 Å². The van der Waals surface area contributed by atoms with Gasteiger partial charge in [0.1, 0.15) is 5.01 Å². The first-order chi connectivity index (χ1) is 11.8. The summed E-state index contributed by atoms with van der Waals surface area (Å²) in [6.45, 7) is 1.51. The molecule has 1 aromatic carbocycles. The molecule has 0 radical (unpaired) electrons. The molecule has 0 aliphatic carbocycles. The van der Waals surface area contributed by atoms with Crippen molar-refractivity contribution in [1.29, 1.82) is 0 Å². The third-order valence-electron chi connectivity index (χ3n) is 3.55. The first-order valence-electron chi connectivity index (χ1n) is 7.57. The van der Waals surface area contributed by atoms with E-state index in [2.05, 4.69) is 21.4 Å². The average Bonchev–Trinajstić information content (AvgIpc) is 3.11. The second kappa shape index (κ2) is 7.90. The zero-order valence-electron chi connectivity index (χ0n) is 13.7. The van der Waals surface area contributed by atoms with E-state index in [0.29, 0.717) is 0 Å². The van der Waals surface area contributed by atoms with E-state index >= 15 is 0 Å². The highest BCUT2D eigenvalue weighted by molar-refractivity contribution is 7.15. The van der Waals surface area contributed by atoms with Crippen molar-refractivity contribution in [3.63, 3.8) is 0 Å². The fraction of sp³-hybridized carbons (Fsp3) is 0.222. The molecule has 0 bridgehead atoms. The van der Waals surface area contributed by atoms with Crippen molar-refractivity contribution < 1.29 is 9.47 Å². The fourth-order valence-electron chi connectivity index (χ4n) is 2.33. The predicted octanol–water partition coefficient (Wildman–Crippen LogP) is 3.51. The number of nitrogens with one attached hydrogen (secondary N) is 1. The minimum absolute atomic E-state index is 0.722. The minimum atomic E-state index is 0.722. The lowest BCUT2D eigenvalue weighted by Crippen LogP contribution is -2.12. The molecule has 0 saturated heterocycles. The summed E-state index contributed by atoms with van der Waals surface area (Å²) >= 11 is 1.67. The van der Waals surface area contributed by atoms with Gasteiger partial charge in [0.15, 0.2) is 11.5 Å². The molecular weight excluding hydrogens is 322 g/mol. The van der Waals surface area contributed by atoms with Crippen LogP contribution in [0.2, 0.25) is 0 Å². The van der Waals surface area contributed by atoms with E-state index in [1.54, 1.807) is 31.8 Å². The third kappa shape index (κ3) is 3.90. The van der Waals surface area contributed by atoms with Crippen molar-refractivity contribution in [1.82, 2.24) is 15.3 Å². The van der Waals surface area contributed by atoms with Crippen LogP contribution in [0.1, 0.15) is 10.6 Å². The Morgan fingerprint density at radius 1 is 1.04 bits per heavy atom. The van der Waals surface area contributed by atoms with Crippen molar-refractivity contribution in [2.45, 2.75) is 13.1 Å². The van der Waals surface area contributed by atoms with Crippen LogP contribution in [0.4, 0.5) is 0 Å². The number of methoxy groups -OCH3 is 2. The molecule has 2 heterocycles. The predicted molar refractivity (Wildman–Crippen MR) is 95.4 cm³/mol. The maximum Gasteiger partial charge on any atom is 0.161 e. The van der Waals surface area contributed by atoms with Crippen molar-refractivity contribution in [2.75, 3.05) is 14.2 Å². The van der Waals surface area contributed by atoms with Crippen LogP contribution in [0.3, 0.4) is 0 Å². The highest BCUT2D eigenvalue weighted by atomic mass is 32.1. The Labute approximate surface area is 145 Å². The second-order valence-electron chi connectivity index (χ2n) is 5.15. The van der Waals surface area contributed by atoms with Gasteiger partial charge in [0.2, 0.25) is 0 Å². The molecule has 0 amide bonds. The van der Waals surface area contributed by atoms with Crippen LogP contribution in [0.25, 0.3) is 10.4 Å². The SMILES string of the molecule is COc1ccc(-c2cnc(CNCc3cccnc3)s2)cc1OC. The molecule has 6 heteroatoms. The van der Waals surface area contributed by atoms with Gasteiger partial charge in [-0.3, -0.25) is 4.98 Å². The number of aromatic nitrogens is 2. The van der Waals surface area contributed by atoms with Gasteiger partial charge in [-0.1, -0.05) is 6.07 Å². The van der Waals surface area contributed by atoms with Crippen molar-refractivity contribution in [3.8, 4) is 21.9 Å². The Morgan fingerprint density at radius 3 is 2.67 bits per heavy atom. The molecule has 0 aliphatic rings. The molecule has 1 N–H and O–H groups in total. The number of hydrogen-bond acceptors (Lipinski definition) is 6. The number of pyridine rings is 1. The monoisotopic (exact) mass is 341 g/mol. The molecular formula is C18H19N3O2S. The Balaban J connectivity index is 1.65. The Bertz CT molecular complexity index is 790. The van der Waals surface area contributed by atoms with Crippen molar-refractivity contribution in [2.24, 2.45) is 0 Å². The van der Waals surface area contributed by atoms with Crippen LogP contribution in [0.15, 0.2) is 48.9 Å². The van der Waals surface area contributed by atoms with E-state index < -0.39 is 0 Å². The minimum Gasteiger partial charge on any atom is -0.493 e. The molecule has 0 fully saturated rings. The number of ether oxygens (including phenoxy) is 2. The molecule has 0 unspecified atom stereocenters.